The molecule has 0 aromatic heterocycles. The monoisotopic (exact) mass is 239 g/mol. The fourth-order valence-corrected chi connectivity index (χ4v) is 2.19. The lowest BCUT2D eigenvalue weighted by Crippen LogP contribution is -2.40. The van der Waals surface area contributed by atoms with Gasteiger partial charge in [-0.1, -0.05) is 13.0 Å². The number of hydrogen-bond donors (Lipinski definition) is 2. The standard InChI is InChI=1S/C13H18FNO2/c1-13(8-16,9-17)7-15-5-4-10-2-3-11(14)6-12(10)15/h2-3,6,16-17H,4-5,7-9H2,1H3. The zero-order chi connectivity index (χ0) is 12.5. The first-order chi connectivity index (χ1) is 8.08. The lowest BCUT2D eigenvalue weighted by Gasteiger charge is -2.31. The predicted molar refractivity (Wildman–Crippen MR) is 64.6 cm³/mol. The molecule has 1 aliphatic heterocycles. The fourth-order valence-electron chi connectivity index (χ4n) is 2.19. The van der Waals surface area contributed by atoms with Crippen molar-refractivity contribution in [3.8, 4) is 0 Å². The largest absolute Gasteiger partial charge is 0.396 e. The number of rotatable bonds is 4. The van der Waals surface area contributed by atoms with Gasteiger partial charge in [-0.15, -0.1) is 0 Å². The normalized spacial score (nSPS) is 15.2. The van der Waals surface area contributed by atoms with Crippen LogP contribution in [0.3, 0.4) is 0 Å². The molecule has 1 aromatic rings. The number of halogens is 1. The quantitative estimate of drug-likeness (QED) is 0.829. The van der Waals surface area contributed by atoms with Gasteiger partial charge in [0.2, 0.25) is 0 Å². The molecule has 0 atom stereocenters. The van der Waals surface area contributed by atoms with Crippen LogP contribution in [0.4, 0.5) is 10.1 Å². The van der Waals surface area contributed by atoms with E-state index in [1.165, 1.54) is 12.1 Å². The van der Waals surface area contributed by atoms with Crippen molar-refractivity contribution in [3.63, 3.8) is 0 Å². The van der Waals surface area contributed by atoms with Crippen molar-refractivity contribution < 1.29 is 14.6 Å². The lowest BCUT2D eigenvalue weighted by molar-refractivity contribution is 0.0757. The van der Waals surface area contributed by atoms with Crippen LogP contribution < -0.4 is 4.90 Å². The summed E-state index contributed by atoms with van der Waals surface area (Å²) < 4.78 is 13.2. The molecule has 0 radical (unpaired) electrons. The Morgan fingerprint density at radius 3 is 2.71 bits per heavy atom. The van der Waals surface area contributed by atoms with E-state index in [0.29, 0.717) is 6.54 Å². The Kier molecular flexibility index (Phi) is 3.35. The smallest absolute Gasteiger partial charge is 0.125 e. The van der Waals surface area contributed by atoms with Crippen LogP contribution in [0.15, 0.2) is 18.2 Å². The van der Waals surface area contributed by atoms with Gasteiger partial charge < -0.3 is 15.1 Å². The molecule has 4 heteroatoms. The third-order valence-electron chi connectivity index (χ3n) is 3.38. The summed E-state index contributed by atoms with van der Waals surface area (Å²) in [6, 6.07) is 4.80. The van der Waals surface area contributed by atoms with Crippen LogP contribution in [0, 0.1) is 11.2 Å². The highest BCUT2D eigenvalue weighted by molar-refractivity contribution is 5.58. The molecule has 1 aromatic carbocycles. The Morgan fingerprint density at radius 2 is 2.06 bits per heavy atom. The highest BCUT2D eigenvalue weighted by atomic mass is 19.1. The van der Waals surface area contributed by atoms with Gasteiger partial charge in [0.15, 0.2) is 0 Å². The number of hydrogen-bond acceptors (Lipinski definition) is 3. The molecule has 3 nitrogen and oxygen atoms in total. The number of nitrogens with zero attached hydrogens (tertiary/aromatic N) is 1. The molecule has 94 valence electrons. The van der Waals surface area contributed by atoms with Gasteiger partial charge in [0.25, 0.3) is 0 Å². The molecule has 0 unspecified atom stereocenters. The molecular formula is C13H18FNO2. The van der Waals surface area contributed by atoms with E-state index < -0.39 is 5.41 Å². The lowest BCUT2D eigenvalue weighted by atomic mass is 9.92. The first-order valence-corrected chi connectivity index (χ1v) is 5.83. The van der Waals surface area contributed by atoms with Gasteiger partial charge in [-0.05, 0) is 24.1 Å². The van der Waals surface area contributed by atoms with Crippen molar-refractivity contribution in [3.05, 3.63) is 29.6 Å². The number of fused-ring (bicyclic) bond motifs is 1. The summed E-state index contributed by atoms with van der Waals surface area (Å²) >= 11 is 0. The summed E-state index contributed by atoms with van der Waals surface area (Å²) in [4.78, 5) is 2.03. The van der Waals surface area contributed by atoms with E-state index in [4.69, 9.17) is 0 Å². The maximum Gasteiger partial charge on any atom is 0.125 e. The number of aliphatic hydroxyl groups is 2. The molecule has 0 bridgehead atoms. The Balaban J connectivity index is 2.19. The third-order valence-corrected chi connectivity index (χ3v) is 3.38. The minimum Gasteiger partial charge on any atom is -0.396 e. The van der Waals surface area contributed by atoms with Gasteiger partial charge in [-0.2, -0.15) is 0 Å². The summed E-state index contributed by atoms with van der Waals surface area (Å²) in [6.45, 7) is 3.02. The summed E-state index contributed by atoms with van der Waals surface area (Å²) in [6.07, 6.45) is 0.891. The Bertz CT molecular complexity index is 404. The Labute approximate surface area is 100 Å². The molecule has 0 saturated heterocycles. The topological polar surface area (TPSA) is 43.7 Å². The van der Waals surface area contributed by atoms with E-state index in [1.54, 1.807) is 6.07 Å². The number of anilines is 1. The van der Waals surface area contributed by atoms with Crippen LogP contribution in [-0.4, -0.2) is 36.5 Å². The zero-order valence-electron chi connectivity index (χ0n) is 9.99. The van der Waals surface area contributed by atoms with Crippen molar-refractivity contribution in [2.45, 2.75) is 13.3 Å². The van der Waals surface area contributed by atoms with E-state index in [0.717, 1.165) is 24.2 Å². The highest BCUT2D eigenvalue weighted by Crippen LogP contribution is 2.31. The second kappa shape index (κ2) is 4.63. The van der Waals surface area contributed by atoms with Gasteiger partial charge in [-0.25, -0.2) is 4.39 Å². The molecule has 17 heavy (non-hydrogen) atoms. The maximum atomic E-state index is 13.2. The van der Waals surface area contributed by atoms with Gasteiger partial charge in [0.1, 0.15) is 5.82 Å². The molecule has 0 fully saturated rings. The summed E-state index contributed by atoms with van der Waals surface area (Å²) in [5.74, 6) is -0.245. The molecule has 0 aliphatic carbocycles. The Hall–Kier alpha value is -1.13. The summed E-state index contributed by atoms with van der Waals surface area (Å²) in [7, 11) is 0. The third kappa shape index (κ3) is 2.42. The van der Waals surface area contributed by atoms with Crippen molar-refractivity contribution in [2.75, 3.05) is 31.2 Å². The van der Waals surface area contributed by atoms with E-state index in [2.05, 4.69) is 0 Å². The zero-order valence-corrected chi connectivity index (χ0v) is 9.99. The van der Waals surface area contributed by atoms with Crippen LogP contribution >= 0.6 is 0 Å². The van der Waals surface area contributed by atoms with E-state index in [-0.39, 0.29) is 19.0 Å². The number of aliphatic hydroxyl groups excluding tert-OH is 2. The van der Waals surface area contributed by atoms with Crippen molar-refractivity contribution in [1.29, 1.82) is 0 Å². The molecule has 0 spiro atoms. The molecule has 2 rings (SSSR count). The van der Waals surface area contributed by atoms with E-state index >= 15 is 0 Å². The second-order valence-electron chi connectivity index (χ2n) is 5.07. The first kappa shape index (κ1) is 12.3. The van der Waals surface area contributed by atoms with Gasteiger partial charge in [0, 0.05) is 24.2 Å². The fraction of sp³-hybridized carbons (Fsp3) is 0.538. The Morgan fingerprint density at radius 1 is 1.35 bits per heavy atom. The maximum absolute atomic E-state index is 13.2. The molecule has 1 aliphatic rings. The van der Waals surface area contributed by atoms with Crippen molar-refractivity contribution >= 4 is 5.69 Å². The predicted octanol–water partition coefficient (Wildman–Crippen LogP) is 1.18. The second-order valence-corrected chi connectivity index (χ2v) is 5.07. The van der Waals surface area contributed by atoms with Gasteiger partial charge in [-0.3, -0.25) is 0 Å². The van der Waals surface area contributed by atoms with Crippen LogP contribution in [0.5, 0.6) is 0 Å². The minimum atomic E-state index is -0.548. The SMILES string of the molecule is CC(CO)(CO)CN1CCc2ccc(F)cc21. The average molecular weight is 239 g/mol. The van der Waals surface area contributed by atoms with Crippen LogP contribution in [-0.2, 0) is 6.42 Å². The highest BCUT2D eigenvalue weighted by Gasteiger charge is 2.29. The molecule has 0 amide bonds. The summed E-state index contributed by atoms with van der Waals surface area (Å²) in [5, 5.41) is 18.6. The first-order valence-electron chi connectivity index (χ1n) is 5.83. The van der Waals surface area contributed by atoms with E-state index in [1.807, 2.05) is 11.8 Å². The molecule has 1 heterocycles. The van der Waals surface area contributed by atoms with Crippen LogP contribution in [0.1, 0.15) is 12.5 Å². The van der Waals surface area contributed by atoms with Gasteiger partial charge in [0.05, 0.1) is 13.2 Å². The van der Waals surface area contributed by atoms with Crippen LogP contribution in [0.25, 0.3) is 0 Å². The minimum absolute atomic E-state index is 0.0787. The molecule has 2 N–H and O–H groups in total. The summed E-state index contributed by atoms with van der Waals surface area (Å²) in [5.41, 5.74) is 1.47. The van der Waals surface area contributed by atoms with Crippen molar-refractivity contribution in [2.24, 2.45) is 5.41 Å². The van der Waals surface area contributed by atoms with Gasteiger partial charge >= 0.3 is 0 Å². The van der Waals surface area contributed by atoms with Crippen molar-refractivity contribution in [1.82, 2.24) is 0 Å². The number of benzene rings is 1. The molecule has 0 saturated carbocycles. The van der Waals surface area contributed by atoms with Crippen LogP contribution in [0.2, 0.25) is 0 Å². The average Bonchev–Trinajstić information content (AvgIpc) is 2.72. The molecular weight excluding hydrogens is 221 g/mol. The van der Waals surface area contributed by atoms with E-state index in [9.17, 15) is 14.6 Å².